The van der Waals surface area contributed by atoms with Crippen molar-refractivity contribution in [3.63, 3.8) is 0 Å². The third kappa shape index (κ3) is 1.74. The lowest BCUT2D eigenvalue weighted by Crippen LogP contribution is -2.34. The topological polar surface area (TPSA) is 4.36 Å². The molecule has 1 aliphatic rings. The van der Waals surface area contributed by atoms with Crippen LogP contribution >= 0.6 is 0 Å². The quantitative estimate of drug-likeness (QED) is 0.653. The van der Waals surface area contributed by atoms with Crippen LogP contribution in [0.4, 0.5) is 10.1 Å². The molecule has 1 aromatic rings. The van der Waals surface area contributed by atoms with E-state index in [-0.39, 0.29) is 12.1 Å². The number of benzene rings is 1. The summed E-state index contributed by atoms with van der Waals surface area (Å²) >= 11 is 0. The van der Waals surface area contributed by atoms with Gasteiger partial charge in [0.25, 0.3) is 0 Å². The summed E-state index contributed by atoms with van der Waals surface area (Å²) in [6.45, 7) is 6.63. The average molecular weight is 203 g/mol. The van der Waals surface area contributed by atoms with E-state index in [0.717, 1.165) is 12.8 Å². The van der Waals surface area contributed by atoms with Crippen LogP contribution in [0.1, 0.15) is 31.2 Å². The van der Waals surface area contributed by atoms with Crippen LogP contribution in [-0.2, 0) is 5.41 Å². The minimum absolute atomic E-state index is 0.0787. The largest absolute Gasteiger partial charge is 0.251 e. The second-order valence-electron chi connectivity index (χ2n) is 4.23. The molecule has 0 unspecified atom stereocenters. The SMILES string of the molecule is [C-]#[N+]c1ccc(C2(CCF)CCC2)cc1. The van der Waals surface area contributed by atoms with Crippen molar-refractivity contribution in [2.75, 3.05) is 6.67 Å². The highest BCUT2D eigenvalue weighted by molar-refractivity contribution is 5.47. The van der Waals surface area contributed by atoms with Crippen LogP contribution in [-0.4, -0.2) is 6.67 Å². The molecule has 2 heteroatoms. The molecule has 78 valence electrons. The van der Waals surface area contributed by atoms with Gasteiger partial charge in [-0.15, -0.1) is 0 Å². The van der Waals surface area contributed by atoms with E-state index in [2.05, 4.69) is 4.85 Å². The Morgan fingerprint density at radius 2 is 1.93 bits per heavy atom. The van der Waals surface area contributed by atoms with Crippen LogP contribution in [0.3, 0.4) is 0 Å². The Morgan fingerprint density at radius 3 is 2.33 bits per heavy atom. The van der Waals surface area contributed by atoms with Crippen LogP contribution in [0, 0.1) is 6.57 Å². The van der Waals surface area contributed by atoms with Gasteiger partial charge in [-0.05, 0) is 30.2 Å². The second-order valence-corrected chi connectivity index (χ2v) is 4.23. The van der Waals surface area contributed by atoms with E-state index in [1.165, 1.54) is 12.0 Å². The maximum absolute atomic E-state index is 12.5. The third-order valence-corrected chi connectivity index (χ3v) is 3.49. The maximum Gasteiger partial charge on any atom is 0.187 e. The van der Waals surface area contributed by atoms with Crippen LogP contribution in [0.25, 0.3) is 4.85 Å². The summed E-state index contributed by atoms with van der Waals surface area (Å²) in [7, 11) is 0. The van der Waals surface area contributed by atoms with Crippen LogP contribution in [0.15, 0.2) is 24.3 Å². The van der Waals surface area contributed by atoms with Gasteiger partial charge in [-0.1, -0.05) is 30.7 Å². The molecule has 1 nitrogen and oxygen atoms in total. The van der Waals surface area contributed by atoms with Crippen molar-refractivity contribution in [3.8, 4) is 0 Å². The van der Waals surface area contributed by atoms with Gasteiger partial charge in [-0.25, -0.2) is 4.85 Å². The summed E-state index contributed by atoms with van der Waals surface area (Å²) in [5.41, 5.74) is 1.95. The summed E-state index contributed by atoms with van der Waals surface area (Å²) in [6, 6.07) is 7.64. The summed E-state index contributed by atoms with van der Waals surface area (Å²) < 4.78 is 12.5. The monoisotopic (exact) mass is 203 g/mol. The Morgan fingerprint density at radius 1 is 1.27 bits per heavy atom. The fourth-order valence-electron chi connectivity index (χ4n) is 2.36. The molecule has 1 aliphatic carbocycles. The van der Waals surface area contributed by atoms with E-state index < -0.39 is 0 Å². The Balaban J connectivity index is 2.24. The van der Waals surface area contributed by atoms with Crippen LogP contribution in [0.5, 0.6) is 0 Å². The highest BCUT2D eigenvalue weighted by atomic mass is 19.1. The predicted molar refractivity (Wildman–Crippen MR) is 58.8 cm³/mol. The van der Waals surface area contributed by atoms with Crippen molar-refractivity contribution < 1.29 is 4.39 Å². The van der Waals surface area contributed by atoms with E-state index in [0.29, 0.717) is 12.1 Å². The van der Waals surface area contributed by atoms with Crippen molar-refractivity contribution in [1.82, 2.24) is 0 Å². The van der Waals surface area contributed by atoms with Gasteiger partial charge in [0.1, 0.15) is 0 Å². The Labute approximate surface area is 89.7 Å². The minimum atomic E-state index is -0.245. The molecule has 0 radical (unpaired) electrons. The van der Waals surface area contributed by atoms with Gasteiger partial charge >= 0.3 is 0 Å². The normalized spacial score (nSPS) is 17.9. The summed E-state index contributed by atoms with van der Waals surface area (Å²) in [4.78, 5) is 3.36. The number of rotatable bonds is 3. The van der Waals surface area contributed by atoms with Gasteiger partial charge in [0.05, 0.1) is 13.2 Å². The lowest BCUT2D eigenvalue weighted by atomic mass is 9.63. The lowest BCUT2D eigenvalue weighted by Gasteiger charge is -2.42. The summed E-state index contributed by atoms with van der Waals surface area (Å²) in [5, 5.41) is 0. The number of nitrogens with zero attached hydrogens (tertiary/aromatic N) is 1. The molecule has 0 aliphatic heterocycles. The molecule has 2 rings (SSSR count). The molecule has 0 atom stereocenters. The second kappa shape index (κ2) is 4.02. The standard InChI is InChI=1S/C13H14FN/c1-15-12-5-3-11(4-6-12)13(9-10-14)7-2-8-13/h3-6H,2,7-10H2. The molecule has 0 amide bonds. The first-order valence-electron chi connectivity index (χ1n) is 5.35. The lowest BCUT2D eigenvalue weighted by molar-refractivity contribution is 0.205. The number of hydrogen-bond donors (Lipinski definition) is 0. The predicted octanol–water partition coefficient (Wildman–Crippen LogP) is 4.02. The van der Waals surface area contributed by atoms with E-state index in [1.807, 2.05) is 24.3 Å². The Kier molecular flexibility index (Phi) is 2.73. The number of halogens is 1. The number of alkyl halides is 1. The molecule has 0 aromatic heterocycles. The molecule has 1 aromatic carbocycles. The molecule has 0 bridgehead atoms. The first kappa shape index (κ1) is 10.2. The molecule has 0 saturated heterocycles. The number of hydrogen-bond acceptors (Lipinski definition) is 0. The maximum atomic E-state index is 12.5. The zero-order valence-corrected chi connectivity index (χ0v) is 8.67. The molecule has 15 heavy (non-hydrogen) atoms. The molecule has 1 saturated carbocycles. The van der Waals surface area contributed by atoms with Gasteiger partial charge in [-0.2, -0.15) is 0 Å². The summed E-state index contributed by atoms with van der Waals surface area (Å²) in [5.74, 6) is 0. The van der Waals surface area contributed by atoms with Crippen molar-refractivity contribution in [3.05, 3.63) is 41.2 Å². The smallest absolute Gasteiger partial charge is 0.187 e. The van der Waals surface area contributed by atoms with Gasteiger partial charge in [-0.3, -0.25) is 4.39 Å². The van der Waals surface area contributed by atoms with Crippen molar-refractivity contribution in [2.45, 2.75) is 31.1 Å². The molecule has 0 N–H and O–H groups in total. The van der Waals surface area contributed by atoms with Crippen molar-refractivity contribution >= 4 is 5.69 Å². The zero-order valence-electron chi connectivity index (χ0n) is 8.67. The first-order valence-corrected chi connectivity index (χ1v) is 5.35. The van der Waals surface area contributed by atoms with E-state index >= 15 is 0 Å². The molecular weight excluding hydrogens is 189 g/mol. The highest BCUT2D eigenvalue weighted by Crippen LogP contribution is 2.46. The fourth-order valence-corrected chi connectivity index (χ4v) is 2.36. The Bertz CT molecular complexity index is 371. The zero-order chi connectivity index (χ0) is 10.7. The Hall–Kier alpha value is -1.36. The van der Waals surface area contributed by atoms with Gasteiger partial charge < -0.3 is 0 Å². The fraction of sp³-hybridized carbons (Fsp3) is 0.462. The third-order valence-electron chi connectivity index (χ3n) is 3.49. The van der Waals surface area contributed by atoms with Crippen LogP contribution < -0.4 is 0 Å². The van der Waals surface area contributed by atoms with Crippen molar-refractivity contribution in [1.29, 1.82) is 0 Å². The molecule has 0 spiro atoms. The van der Waals surface area contributed by atoms with Gasteiger partial charge in [0, 0.05) is 0 Å². The van der Waals surface area contributed by atoms with Gasteiger partial charge in [0.2, 0.25) is 0 Å². The van der Waals surface area contributed by atoms with Gasteiger partial charge in [0.15, 0.2) is 5.69 Å². The van der Waals surface area contributed by atoms with E-state index in [1.54, 1.807) is 0 Å². The first-order chi connectivity index (χ1) is 7.30. The molecular formula is C13H14FN. The minimum Gasteiger partial charge on any atom is -0.251 e. The summed E-state index contributed by atoms with van der Waals surface area (Å²) in [6.07, 6.45) is 4.01. The molecule has 0 heterocycles. The average Bonchev–Trinajstić information content (AvgIpc) is 2.24. The molecule has 1 fully saturated rings. The highest BCUT2D eigenvalue weighted by Gasteiger charge is 2.37. The van der Waals surface area contributed by atoms with Crippen LogP contribution in [0.2, 0.25) is 0 Å². The van der Waals surface area contributed by atoms with E-state index in [9.17, 15) is 4.39 Å². The van der Waals surface area contributed by atoms with Crippen molar-refractivity contribution in [2.24, 2.45) is 0 Å². The van der Waals surface area contributed by atoms with E-state index in [4.69, 9.17) is 6.57 Å².